The van der Waals surface area contributed by atoms with Crippen LogP contribution >= 0.6 is 0 Å². The number of fused-ring (bicyclic) bond motifs is 1. The van der Waals surface area contributed by atoms with Crippen molar-refractivity contribution < 1.29 is 38.1 Å². The molecular weight excluding hydrogens is 476 g/mol. The lowest BCUT2D eigenvalue weighted by Gasteiger charge is -2.09. The van der Waals surface area contributed by atoms with Gasteiger partial charge in [0, 0.05) is 25.0 Å². The molecule has 0 saturated carbocycles. The van der Waals surface area contributed by atoms with Gasteiger partial charge in [-0.15, -0.1) is 0 Å². The molecule has 0 saturated heterocycles. The van der Waals surface area contributed by atoms with Gasteiger partial charge >= 0.3 is 17.9 Å². The number of carbonyl (C=O) groups excluding carboxylic acids is 3. The molecule has 0 spiro atoms. The van der Waals surface area contributed by atoms with Crippen molar-refractivity contribution in [1.29, 1.82) is 0 Å². The van der Waals surface area contributed by atoms with Gasteiger partial charge in [0.15, 0.2) is 0 Å². The minimum absolute atomic E-state index is 0.246. The molecule has 0 aliphatic carbocycles. The summed E-state index contributed by atoms with van der Waals surface area (Å²) < 4.78 is 26.6. The van der Waals surface area contributed by atoms with Gasteiger partial charge in [-0.25, -0.2) is 14.4 Å². The summed E-state index contributed by atoms with van der Waals surface area (Å²) >= 11 is 0. The fourth-order valence-corrected chi connectivity index (χ4v) is 3.17. The Morgan fingerprint density at radius 1 is 0.622 bits per heavy atom. The Labute approximate surface area is 215 Å². The van der Waals surface area contributed by atoms with Crippen molar-refractivity contribution in [2.45, 2.75) is 12.8 Å². The van der Waals surface area contributed by atoms with Crippen LogP contribution in [0, 0.1) is 0 Å². The minimum atomic E-state index is -0.478. The Hall–Kier alpha value is -4.59. The van der Waals surface area contributed by atoms with E-state index in [-0.39, 0.29) is 13.2 Å². The standard InChI is InChI=1S/C29H28O8/c1-3-27(30)35-17-5-15-33-24-11-13-25(14-12-24)37-29(32)23-8-7-22-20-26(10-9-21(22)19-23)34-16-6-18-36-28(31)4-2/h3-4,7-14,19-20H,1-2,5-6,15-18H2. The van der Waals surface area contributed by atoms with Crippen LogP contribution in [0.3, 0.4) is 0 Å². The lowest BCUT2D eigenvalue weighted by atomic mass is 10.1. The molecule has 8 heteroatoms. The molecule has 0 atom stereocenters. The third-order valence-corrected chi connectivity index (χ3v) is 5.02. The van der Waals surface area contributed by atoms with E-state index in [1.54, 1.807) is 36.4 Å². The first-order chi connectivity index (χ1) is 18.0. The highest BCUT2D eigenvalue weighted by atomic mass is 16.5. The summed E-state index contributed by atoms with van der Waals surface area (Å²) in [4.78, 5) is 34.7. The Kier molecular flexibility index (Phi) is 10.3. The topological polar surface area (TPSA) is 97.4 Å². The zero-order valence-corrected chi connectivity index (χ0v) is 20.4. The molecular formula is C29H28O8. The van der Waals surface area contributed by atoms with Crippen LogP contribution < -0.4 is 14.2 Å². The predicted octanol–water partition coefficient (Wildman–Crippen LogP) is 5.06. The van der Waals surface area contributed by atoms with Crippen LogP contribution in [0.25, 0.3) is 10.8 Å². The fraction of sp³-hybridized carbons (Fsp3) is 0.207. The summed E-state index contributed by atoms with van der Waals surface area (Å²) in [5.74, 6) is 0.278. The number of esters is 3. The number of ether oxygens (including phenoxy) is 5. The van der Waals surface area contributed by atoms with E-state index in [4.69, 9.17) is 23.7 Å². The highest BCUT2D eigenvalue weighted by Crippen LogP contribution is 2.24. The molecule has 0 aliphatic rings. The van der Waals surface area contributed by atoms with E-state index < -0.39 is 17.9 Å². The van der Waals surface area contributed by atoms with E-state index in [0.29, 0.717) is 48.9 Å². The molecule has 0 aliphatic heterocycles. The van der Waals surface area contributed by atoms with E-state index in [2.05, 4.69) is 13.2 Å². The molecule has 0 N–H and O–H groups in total. The molecule has 3 rings (SSSR count). The monoisotopic (exact) mass is 504 g/mol. The van der Waals surface area contributed by atoms with Crippen molar-refractivity contribution in [2.24, 2.45) is 0 Å². The van der Waals surface area contributed by atoms with Crippen molar-refractivity contribution >= 4 is 28.7 Å². The quantitative estimate of drug-likeness (QED) is 0.130. The van der Waals surface area contributed by atoms with Gasteiger partial charge in [-0.1, -0.05) is 25.3 Å². The third-order valence-electron chi connectivity index (χ3n) is 5.02. The van der Waals surface area contributed by atoms with Crippen molar-refractivity contribution in [3.8, 4) is 17.2 Å². The van der Waals surface area contributed by atoms with Gasteiger partial charge < -0.3 is 23.7 Å². The van der Waals surface area contributed by atoms with Crippen LogP contribution in [-0.4, -0.2) is 44.3 Å². The molecule has 0 bridgehead atoms. The van der Waals surface area contributed by atoms with Crippen LogP contribution in [0.2, 0.25) is 0 Å². The maximum Gasteiger partial charge on any atom is 0.343 e. The Morgan fingerprint density at radius 2 is 1.14 bits per heavy atom. The van der Waals surface area contributed by atoms with Crippen LogP contribution in [0.5, 0.6) is 17.2 Å². The van der Waals surface area contributed by atoms with E-state index in [0.717, 1.165) is 22.9 Å². The smallest absolute Gasteiger partial charge is 0.343 e. The number of carbonyl (C=O) groups is 3. The molecule has 0 unspecified atom stereocenters. The van der Waals surface area contributed by atoms with Gasteiger partial charge in [0.05, 0.1) is 32.0 Å². The second-order valence-corrected chi connectivity index (χ2v) is 7.73. The number of rotatable bonds is 14. The lowest BCUT2D eigenvalue weighted by molar-refractivity contribution is -0.138. The van der Waals surface area contributed by atoms with E-state index in [1.165, 1.54) is 0 Å². The molecule has 37 heavy (non-hydrogen) atoms. The van der Waals surface area contributed by atoms with Crippen molar-refractivity contribution in [3.05, 3.63) is 91.5 Å². The first kappa shape index (κ1) is 27.0. The lowest BCUT2D eigenvalue weighted by Crippen LogP contribution is -2.08. The Balaban J connectivity index is 1.47. The summed E-state index contributed by atoms with van der Waals surface area (Å²) in [5, 5.41) is 1.78. The van der Waals surface area contributed by atoms with E-state index in [1.807, 2.05) is 24.3 Å². The Bertz CT molecular complexity index is 1250. The zero-order chi connectivity index (χ0) is 26.5. The molecule has 0 radical (unpaired) electrons. The Morgan fingerprint density at radius 3 is 1.76 bits per heavy atom. The van der Waals surface area contributed by atoms with Crippen LogP contribution in [0.1, 0.15) is 23.2 Å². The van der Waals surface area contributed by atoms with Gasteiger partial charge in [-0.3, -0.25) is 0 Å². The SMILES string of the molecule is C=CC(=O)OCCCOc1ccc(OC(=O)c2ccc3cc(OCCCOC(=O)C=C)ccc3c2)cc1. The van der Waals surface area contributed by atoms with Crippen LogP contribution in [-0.2, 0) is 19.1 Å². The third kappa shape index (κ3) is 8.85. The summed E-state index contributed by atoms with van der Waals surface area (Å²) in [5.41, 5.74) is 0.416. The van der Waals surface area contributed by atoms with E-state index in [9.17, 15) is 14.4 Å². The molecule has 0 aromatic heterocycles. The molecule has 3 aromatic carbocycles. The molecule has 8 nitrogen and oxygen atoms in total. The van der Waals surface area contributed by atoms with Gasteiger partial charge in [-0.05, 0) is 59.3 Å². The van der Waals surface area contributed by atoms with Crippen molar-refractivity contribution in [1.82, 2.24) is 0 Å². The molecule has 3 aromatic rings. The molecule has 0 heterocycles. The minimum Gasteiger partial charge on any atom is -0.493 e. The molecule has 0 amide bonds. The van der Waals surface area contributed by atoms with Gasteiger partial charge in [0.2, 0.25) is 0 Å². The van der Waals surface area contributed by atoms with Gasteiger partial charge in [0.25, 0.3) is 0 Å². The zero-order valence-electron chi connectivity index (χ0n) is 20.4. The maximum atomic E-state index is 12.6. The fourth-order valence-electron chi connectivity index (χ4n) is 3.17. The molecule has 192 valence electrons. The molecule has 0 fully saturated rings. The van der Waals surface area contributed by atoms with Gasteiger partial charge in [-0.2, -0.15) is 0 Å². The number of hydrogen-bond donors (Lipinski definition) is 0. The van der Waals surface area contributed by atoms with Crippen molar-refractivity contribution in [2.75, 3.05) is 26.4 Å². The average molecular weight is 505 g/mol. The second-order valence-electron chi connectivity index (χ2n) is 7.73. The van der Waals surface area contributed by atoms with E-state index >= 15 is 0 Å². The number of benzene rings is 3. The summed E-state index contributed by atoms with van der Waals surface area (Å²) in [7, 11) is 0. The predicted molar refractivity (Wildman–Crippen MR) is 138 cm³/mol. The van der Waals surface area contributed by atoms with Crippen LogP contribution in [0.15, 0.2) is 86.0 Å². The van der Waals surface area contributed by atoms with Crippen molar-refractivity contribution in [3.63, 3.8) is 0 Å². The summed E-state index contributed by atoms with van der Waals surface area (Å²) in [6.07, 6.45) is 3.33. The first-order valence-electron chi connectivity index (χ1n) is 11.7. The number of hydrogen-bond acceptors (Lipinski definition) is 8. The normalized spacial score (nSPS) is 10.3. The van der Waals surface area contributed by atoms with Crippen LogP contribution in [0.4, 0.5) is 0 Å². The second kappa shape index (κ2) is 14.1. The van der Waals surface area contributed by atoms with Gasteiger partial charge in [0.1, 0.15) is 17.2 Å². The largest absolute Gasteiger partial charge is 0.493 e. The summed E-state index contributed by atoms with van der Waals surface area (Å²) in [6, 6.07) is 17.5. The highest BCUT2D eigenvalue weighted by Gasteiger charge is 2.10. The average Bonchev–Trinajstić information content (AvgIpc) is 2.92. The highest BCUT2D eigenvalue weighted by molar-refractivity contribution is 5.96. The summed E-state index contributed by atoms with van der Waals surface area (Å²) in [6.45, 7) is 7.95. The maximum absolute atomic E-state index is 12.6. The first-order valence-corrected chi connectivity index (χ1v) is 11.7.